The van der Waals surface area contributed by atoms with Crippen LogP contribution in [0.15, 0.2) is 0 Å². The molecule has 0 aliphatic rings. The molecule has 70 valence electrons. The van der Waals surface area contributed by atoms with Crippen LogP contribution in [0.25, 0.3) is 0 Å². The van der Waals surface area contributed by atoms with Gasteiger partial charge in [0.05, 0.1) is 0 Å². The molecule has 5 nitrogen and oxygen atoms in total. The zero-order valence-corrected chi connectivity index (χ0v) is 9.58. The summed E-state index contributed by atoms with van der Waals surface area (Å²) < 4.78 is 43.3. The van der Waals surface area contributed by atoms with Gasteiger partial charge >= 0.3 is 66.2 Å². The van der Waals surface area contributed by atoms with Crippen molar-refractivity contribution in [1.29, 1.82) is 0 Å². The zero-order chi connectivity index (χ0) is 8.41. The molecule has 1 N–H and O–H groups in total. The van der Waals surface area contributed by atoms with Gasteiger partial charge in [-0.3, -0.25) is 0 Å². The summed E-state index contributed by atoms with van der Waals surface area (Å²) in [5.74, 6) is 0. The van der Waals surface area contributed by atoms with Crippen LogP contribution in [0.4, 0.5) is 0 Å². The van der Waals surface area contributed by atoms with Gasteiger partial charge in [-0.2, -0.15) is 0 Å². The van der Waals surface area contributed by atoms with Crippen molar-refractivity contribution in [3.8, 4) is 0 Å². The Bertz CT molecular complexity index is 290. The Morgan fingerprint density at radius 3 is 1.91 bits per heavy atom. The van der Waals surface area contributed by atoms with Gasteiger partial charge in [0.1, 0.15) is 0 Å². The average molecular weight is 290 g/mol. The third kappa shape index (κ3) is 8.74. The second kappa shape index (κ2) is 4.76. The van der Waals surface area contributed by atoms with E-state index in [1.807, 2.05) is 14.4 Å². The molecule has 0 aromatic carbocycles. The first-order chi connectivity index (χ1) is 4.27. The molecule has 0 fully saturated rings. The average Bonchev–Trinajstić information content (AvgIpc) is 1.60. The van der Waals surface area contributed by atoms with Crippen LogP contribution in [0.2, 0.25) is 0 Å². The summed E-state index contributed by atoms with van der Waals surface area (Å²) in [7, 11) is -6.13. The summed E-state index contributed by atoms with van der Waals surface area (Å²) in [5, 5.41) is -0.906. The third-order valence-corrected chi connectivity index (χ3v) is 6.07. The van der Waals surface area contributed by atoms with Crippen molar-refractivity contribution < 1.29 is 21.4 Å². The van der Waals surface area contributed by atoms with Gasteiger partial charge in [0.2, 0.25) is 0 Å². The topological polar surface area (TPSA) is 80.7 Å². The maximum absolute atomic E-state index is 10.8. The molecule has 0 rings (SSSR count). The molecule has 9 heteroatoms. The molecular weight excluding hydrogens is 283 g/mol. The van der Waals surface area contributed by atoms with E-state index in [9.17, 15) is 12.6 Å². The van der Waals surface area contributed by atoms with Crippen LogP contribution in [-0.4, -0.2) is 43.8 Å². The number of hydrogen-bond acceptors (Lipinski definition) is 4. The standard InChI is InChI=1S/C2H6O5S2Se.ClH/c1-7-9(6,10)2-8(3,4)5;/h2H2,1H3,(H,3,4,5);1H. The molecule has 0 spiro atoms. The summed E-state index contributed by atoms with van der Waals surface area (Å²) >= 11 is 2.03. The minimum absolute atomic E-state index is 0. The Morgan fingerprint density at radius 2 is 1.82 bits per heavy atom. The van der Waals surface area contributed by atoms with Crippen LogP contribution in [-0.2, 0) is 22.4 Å². The smallest absolute Gasteiger partial charge is 0.147 e. The molecule has 0 aliphatic heterocycles. The van der Waals surface area contributed by atoms with Gasteiger partial charge in [-0.25, -0.2) is 0 Å². The molecule has 0 aromatic heterocycles. The van der Waals surface area contributed by atoms with Gasteiger partial charge in [0.15, 0.2) is 0 Å². The van der Waals surface area contributed by atoms with E-state index in [1.54, 1.807) is 0 Å². The van der Waals surface area contributed by atoms with Gasteiger partial charge in [-0.05, 0) is 0 Å². The van der Waals surface area contributed by atoms with E-state index in [0.717, 1.165) is 7.11 Å². The van der Waals surface area contributed by atoms with Crippen molar-refractivity contribution in [2.24, 2.45) is 0 Å². The van der Waals surface area contributed by atoms with Crippen molar-refractivity contribution in [2.75, 3.05) is 12.2 Å². The van der Waals surface area contributed by atoms with Crippen molar-refractivity contribution in [1.82, 2.24) is 0 Å². The summed E-state index contributed by atoms with van der Waals surface area (Å²) in [6.45, 7) is 0. The molecule has 0 radical (unpaired) electrons. The van der Waals surface area contributed by atoms with E-state index in [-0.39, 0.29) is 12.4 Å². The molecule has 1 unspecified atom stereocenters. The van der Waals surface area contributed by atoms with Crippen molar-refractivity contribution >= 4 is 45.0 Å². The van der Waals surface area contributed by atoms with Gasteiger partial charge < -0.3 is 0 Å². The minimum atomic E-state index is -4.23. The maximum Gasteiger partial charge on any atom is -0.147 e. The monoisotopic (exact) mass is 290 g/mol. The minimum Gasteiger partial charge on any atom is -0.147 e. The summed E-state index contributed by atoms with van der Waals surface area (Å²) in [5.41, 5.74) is 0. The zero-order valence-electron chi connectivity index (χ0n) is 5.42. The Labute approximate surface area is 78.5 Å². The third-order valence-electron chi connectivity index (χ3n) is 0.547. The Hall–Kier alpha value is 0.829. The van der Waals surface area contributed by atoms with Crippen LogP contribution in [0.1, 0.15) is 0 Å². The van der Waals surface area contributed by atoms with Crippen molar-refractivity contribution in [3.05, 3.63) is 0 Å². The fraction of sp³-hybridized carbons (Fsp3) is 1.00. The van der Waals surface area contributed by atoms with Crippen LogP contribution >= 0.6 is 12.4 Å². The van der Waals surface area contributed by atoms with E-state index < -0.39 is 23.3 Å². The van der Waals surface area contributed by atoms with Crippen LogP contribution in [0.3, 0.4) is 0 Å². The maximum atomic E-state index is 10.8. The fourth-order valence-corrected chi connectivity index (χ4v) is 4.37. The number of rotatable bonds is 3. The summed E-state index contributed by atoms with van der Waals surface area (Å²) in [6, 6.07) is 0. The number of hydrogen-bond donors (Lipinski definition) is 1. The van der Waals surface area contributed by atoms with E-state index in [1.165, 1.54) is 0 Å². The first-order valence-corrected chi connectivity index (χ1v) is 7.29. The predicted molar refractivity (Wildman–Crippen MR) is 44.6 cm³/mol. The predicted octanol–water partition coefficient (Wildman–Crippen LogP) is -0.817. The van der Waals surface area contributed by atoms with E-state index in [4.69, 9.17) is 4.55 Å². The van der Waals surface area contributed by atoms with Crippen molar-refractivity contribution in [3.63, 3.8) is 0 Å². The molecule has 0 amide bonds. The van der Waals surface area contributed by atoms with E-state index in [2.05, 4.69) is 4.18 Å². The molecule has 0 saturated heterocycles. The second-order valence-corrected chi connectivity index (χ2v) is 8.18. The molecule has 1 atom stereocenters. The summed E-state index contributed by atoms with van der Waals surface area (Å²) in [4.78, 5) is 0. The molecule has 0 bridgehead atoms. The molecule has 0 aliphatic carbocycles. The molecule has 0 heterocycles. The summed E-state index contributed by atoms with van der Waals surface area (Å²) in [6.07, 6.45) is 0. The quantitative estimate of drug-likeness (QED) is 0.542. The van der Waals surface area contributed by atoms with Gasteiger partial charge in [0.25, 0.3) is 0 Å². The molecule has 0 saturated carbocycles. The normalized spacial score (nSPS) is 16.5. The van der Waals surface area contributed by atoms with Gasteiger partial charge in [-0.1, -0.05) is 0 Å². The van der Waals surface area contributed by atoms with Crippen LogP contribution in [0.5, 0.6) is 0 Å². The Balaban J connectivity index is 0. The Kier molecular flexibility index (Phi) is 6.21. The van der Waals surface area contributed by atoms with Crippen LogP contribution in [0, 0.1) is 0 Å². The SMILES string of the molecule is COS(=O)(=[Se])CS(=O)(=O)O.Cl. The molecule has 11 heavy (non-hydrogen) atoms. The fourth-order valence-electron chi connectivity index (χ4n) is 0.231. The van der Waals surface area contributed by atoms with E-state index >= 15 is 0 Å². The number of halogens is 1. The second-order valence-electron chi connectivity index (χ2n) is 1.42. The van der Waals surface area contributed by atoms with Gasteiger partial charge in [-0.15, -0.1) is 12.4 Å². The molecule has 0 aromatic rings. The molecular formula is C2H7ClO5S2Se. The first kappa shape index (κ1) is 14.4. The van der Waals surface area contributed by atoms with Crippen LogP contribution < -0.4 is 0 Å². The van der Waals surface area contributed by atoms with Gasteiger partial charge in [0, 0.05) is 0 Å². The first-order valence-electron chi connectivity index (χ1n) is 2.00. The Morgan fingerprint density at radius 1 is 1.45 bits per heavy atom. The van der Waals surface area contributed by atoms with E-state index in [0.29, 0.717) is 0 Å². The van der Waals surface area contributed by atoms with Crippen molar-refractivity contribution in [2.45, 2.75) is 0 Å². The largest absolute Gasteiger partial charge is 0.147 e.